The van der Waals surface area contributed by atoms with Crippen molar-refractivity contribution >= 4 is 40.9 Å². The highest BCUT2D eigenvalue weighted by atomic mass is 35.5. The van der Waals surface area contributed by atoms with Gasteiger partial charge in [0.25, 0.3) is 0 Å². The van der Waals surface area contributed by atoms with Crippen molar-refractivity contribution in [2.24, 2.45) is 0 Å². The Bertz CT molecular complexity index is 761. The highest BCUT2D eigenvalue weighted by molar-refractivity contribution is 6.36. The molecule has 0 saturated heterocycles. The van der Waals surface area contributed by atoms with Crippen molar-refractivity contribution in [3.05, 3.63) is 47.3 Å². The first kappa shape index (κ1) is 19.3. The normalized spacial score (nSPS) is 12.1. The second-order valence-electron chi connectivity index (χ2n) is 5.62. The zero-order valence-electron chi connectivity index (χ0n) is 14.0. The molecule has 0 fully saturated rings. The number of ketones is 1. The molecule has 0 saturated carbocycles. The molecule has 2 aromatic rings. The van der Waals surface area contributed by atoms with Crippen LogP contribution < -0.4 is 4.42 Å². The topological polar surface area (TPSA) is 72.6 Å². The molecule has 1 atom stereocenters. The molecule has 1 aromatic carbocycles. The number of ether oxygens (including phenoxy) is 1. The third-order valence-electron chi connectivity index (χ3n) is 3.41. The van der Waals surface area contributed by atoms with E-state index in [1.807, 2.05) is 13.8 Å². The van der Waals surface area contributed by atoms with Crippen molar-refractivity contribution in [3.8, 4) is 0 Å². The lowest BCUT2D eigenvalue weighted by Gasteiger charge is -2.16. The smallest absolute Gasteiger partial charge is 0.429 e. The van der Waals surface area contributed by atoms with Crippen molar-refractivity contribution in [3.63, 3.8) is 0 Å². The highest BCUT2D eigenvalue weighted by Crippen LogP contribution is 2.25. The number of carbonyl (C=O) groups excluding carboxylic acids is 2. The summed E-state index contributed by atoms with van der Waals surface area (Å²) in [7, 11) is 0. The Morgan fingerprint density at radius 2 is 2.08 bits per heavy atom. The van der Waals surface area contributed by atoms with Crippen molar-refractivity contribution in [1.82, 2.24) is 5.16 Å². The van der Waals surface area contributed by atoms with Gasteiger partial charge >= 0.3 is 6.09 Å². The van der Waals surface area contributed by atoms with Gasteiger partial charge in [0, 0.05) is 23.3 Å². The molecule has 134 valence electrons. The van der Waals surface area contributed by atoms with Crippen LogP contribution in [0.4, 0.5) is 10.5 Å². The predicted octanol–water partition coefficient (Wildman–Crippen LogP) is 5.10. The first-order valence-corrected chi connectivity index (χ1v) is 8.52. The summed E-state index contributed by atoms with van der Waals surface area (Å²) in [6, 6.07) is 6.31. The van der Waals surface area contributed by atoms with Gasteiger partial charge in [-0.15, -0.1) is 0 Å². The maximum absolute atomic E-state index is 12.7. The van der Waals surface area contributed by atoms with Crippen LogP contribution in [0.2, 0.25) is 0 Å². The molecule has 1 aromatic heterocycles. The van der Waals surface area contributed by atoms with Crippen LogP contribution in [-0.4, -0.2) is 22.6 Å². The van der Waals surface area contributed by atoms with Gasteiger partial charge in [0.2, 0.25) is 0 Å². The van der Waals surface area contributed by atoms with Gasteiger partial charge in [0.1, 0.15) is 5.76 Å². The molecule has 25 heavy (non-hydrogen) atoms. The Kier molecular flexibility index (Phi) is 6.45. The number of halogens is 2. The van der Waals surface area contributed by atoms with Gasteiger partial charge in [-0.1, -0.05) is 49.7 Å². The minimum Gasteiger partial charge on any atom is -0.429 e. The van der Waals surface area contributed by atoms with E-state index in [9.17, 15) is 9.59 Å². The molecule has 0 N–H and O–H groups in total. The standard InChI is InChI=1S/C17H18Cl2N2O4/c1-4-14(18)24-17(23)21(19)12-7-5-6-11(8-12)15(22)13-9-20-25-16(13)10(2)3/h5-10,14H,4H2,1-3H3. The molecule has 0 bridgehead atoms. The summed E-state index contributed by atoms with van der Waals surface area (Å²) < 4.78 is 10.9. The van der Waals surface area contributed by atoms with E-state index in [-0.39, 0.29) is 11.7 Å². The van der Waals surface area contributed by atoms with Crippen LogP contribution in [0.25, 0.3) is 0 Å². The van der Waals surface area contributed by atoms with E-state index >= 15 is 0 Å². The highest BCUT2D eigenvalue weighted by Gasteiger charge is 2.23. The molecule has 0 aliphatic rings. The molecule has 0 aliphatic heterocycles. The van der Waals surface area contributed by atoms with E-state index in [4.69, 9.17) is 32.6 Å². The molecule has 1 heterocycles. The molecule has 0 spiro atoms. The summed E-state index contributed by atoms with van der Waals surface area (Å²) in [6.07, 6.45) is 1.01. The zero-order chi connectivity index (χ0) is 18.6. The van der Waals surface area contributed by atoms with E-state index in [0.717, 1.165) is 4.42 Å². The third-order valence-corrected chi connectivity index (χ3v) is 4.14. The van der Waals surface area contributed by atoms with Gasteiger partial charge in [0.15, 0.2) is 11.3 Å². The van der Waals surface area contributed by atoms with Crippen LogP contribution in [-0.2, 0) is 4.74 Å². The monoisotopic (exact) mass is 384 g/mol. The predicted molar refractivity (Wildman–Crippen MR) is 95.2 cm³/mol. The molecular formula is C17H18Cl2N2O4. The number of anilines is 1. The van der Waals surface area contributed by atoms with Gasteiger partial charge in [-0.3, -0.25) is 4.79 Å². The summed E-state index contributed by atoms with van der Waals surface area (Å²) in [5.41, 5.74) is 0.242. The molecule has 8 heteroatoms. The molecule has 2 rings (SSSR count). The van der Waals surface area contributed by atoms with Gasteiger partial charge < -0.3 is 9.26 Å². The minimum atomic E-state index is -0.819. The number of amides is 1. The first-order valence-electron chi connectivity index (χ1n) is 7.75. The van der Waals surface area contributed by atoms with Crippen molar-refractivity contribution in [1.29, 1.82) is 0 Å². The number of aromatic nitrogens is 1. The molecular weight excluding hydrogens is 367 g/mol. The van der Waals surface area contributed by atoms with E-state index in [1.165, 1.54) is 12.3 Å². The van der Waals surface area contributed by atoms with Gasteiger partial charge in [-0.05, 0) is 18.6 Å². The lowest BCUT2D eigenvalue weighted by Crippen LogP contribution is -2.25. The van der Waals surface area contributed by atoms with Crippen molar-refractivity contribution < 1.29 is 18.8 Å². The molecule has 1 amide bonds. The Hall–Kier alpha value is -2.05. The van der Waals surface area contributed by atoms with Crippen LogP contribution in [0.5, 0.6) is 0 Å². The largest absolute Gasteiger partial charge is 0.430 e. The fourth-order valence-electron chi connectivity index (χ4n) is 2.10. The maximum Gasteiger partial charge on any atom is 0.430 e. The van der Waals surface area contributed by atoms with E-state index in [0.29, 0.717) is 29.0 Å². The number of benzene rings is 1. The number of carbonyl (C=O) groups is 2. The number of hydrogen-bond acceptors (Lipinski definition) is 5. The van der Waals surface area contributed by atoms with Crippen LogP contribution in [0, 0.1) is 0 Å². The van der Waals surface area contributed by atoms with Crippen LogP contribution >= 0.6 is 23.4 Å². The maximum atomic E-state index is 12.7. The van der Waals surface area contributed by atoms with Gasteiger partial charge in [-0.25, -0.2) is 4.79 Å². The fraction of sp³-hybridized carbons (Fsp3) is 0.353. The third kappa shape index (κ3) is 4.52. The lowest BCUT2D eigenvalue weighted by atomic mass is 9.99. The second-order valence-corrected chi connectivity index (χ2v) is 6.45. The minimum absolute atomic E-state index is 0.0128. The summed E-state index contributed by atoms with van der Waals surface area (Å²) in [5, 5.41) is 3.70. The lowest BCUT2D eigenvalue weighted by molar-refractivity contribution is 0.103. The average Bonchev–Trinajstić information content (AvgIpc) is 3.10. The molecule has 6 nitrogen and oxygen atoms in total. The van der Waals surface area contributed by atoms with E-state index in [2.05, 4.69) is 5.16 Å². The van der Waals surface area contributed by atoms with E-state index < -0.39 is 11.7 Å². The van der Waals surface area contributed by atoms with Crippen LogP contribution in [0.3, 0.4) is 0 Å². The quantitative estimate of drug-likeness (QED) is 0.393. The van der Waals surface area contributed by atoms with Gasteiger partial charge in [0.05, 0.1) is 17.4 Å². The summed E-state index contributed by atoms with van der Waals surface area (Å²) in [6.45, 7) is 5.58. The Morgan fingerprint density at radius 3 is 2.72 bits per heavy atom. The Labute approximate surface area is 155 Å². The number of hydrogen-bond donors (Lipinski definition) is 0. The van der Waals surface area contributed by atoms with E-state index in [1.54, 1.807) is 25.1 Å². The Morgan fingerprint density at radius 1 is 1.36 bits per heavy atom. The van der Waals surface area contributed by atoms with Crippen LogP contribution in [0.1, 0.15) is 54.8 Å². The van der Waals surface area contributed by atoms with Crippen LogP contribution in [0.15, 0.2) is 35.0 Å². The van der Waals surface area contributed by atoms with Crippen molar-refractivity contribution in [2.75, 3.05) is 4.42 Å². The molecule has 0 aliphatic carbocycles. The summed E-state index contributed by atoms with van der Waals surface area (Å²) in [5.74, 6) is 0.248. The summed E-state index contributed by atoms with van der Waals surface area (Å²) >= 11 is 11.8. The average molecular weight is 385 g/mol. The zero-order valence-corrected chi connectivity index (χ0v) is 15.5. The molecule has 0 radical (unpaired) electrons. The summed E-state index contributed by atoms with van der Waals surface area (Å²) in [4.78, 5) is 24.6. The number of alkyl halides is 1. The first-order chi connectivity index (χ1) is 11.8. The Balaban J connectivity index is 2.25. The fourth-order valence-corrected chi connectivity index (χ4v) is 2.33. The SMILES string of the molecule is CCC(Cl)OC(=O)N(Cl)c1cccc(C(=O)c2cnoc2C(C)C)c1. The van der Waals surface area contributed by atoms with Gasteiger partial charge in [-0.2, -0.15) is 4.42 Å². The second kappa shape index (κ2) is 8.36. The molecule has 1 unspecified atom stereocenters. The van der Waals surface area contributed by atoms with Crippen molar-refractivity contribution in [2.45, 2.75) is 38.7 Å². The number of nitrogens with zero attached hydrogens (tertiary/aromatic N) is 2. The number of rotatable bonds is 6.